The third-order valence-corrected chi connectivity index (χ3v) is 6.53. The van der Waals surface area contributed by atoms with Gasteiger partial charge in [0.2, 0.25) is 0 Å². The smallest absolute Gasteiger partial charge is 0.416 e. The summed E-state index contributed by atoms with van der Waals surface area (Å²) in [5.41, 5.74) is -2.44. The van der Waals surface area contributed by atoms with Crippen LogP contribution in [0.1, 0.15) is 75.9 Å². The number of halogens is 8. The van der Waals surface area contributed by atoms with Crippen molar-refractivity contribution in [2.45, 2.75) is 77.2 Å². The van der Waals surface area contributed by atoms with Crippen molar-refractivity contribution < 1.29 is 55.6 Å². The molecular formula is C28H34Br2F6N2O6. The number of aliphatic hydroxyl groups excluding tert-OH is 2. The molecule has 0 heterocycles. The highest BCUT2D eigenvalue weighted by Crippen LogP contribution is 2.35. The van der Waals surface area contributed by atoms with E-state index in [1.807, 2.05) is 0 Å². The van der Waals surface area contributed by atoms with E-state index in [9.17, 15) is 46.1 Å². The topological polar surface area (TPSA) is 117 Å². The molecule has 16 heteroatoms. The van der Waals surface area contributed by atoms with Crippen molar-refractivity contribution in [3.63, 3.8) is 0 Å². The number of amides is 2. The molecular weight excluding hydrogens is 734 g/mol. The predicted octanol–water partition coefficient (Wildman–Crippen LogP) is 8.05. The van der Waals surface area contributed by atoms with Crippen LogP contribution in [0.3, 0.4) is 0 Å². The molecule has 2 aromatic carbocycles. The van der Waals surface area contributed by atoms with E-state index in [-0.39, 0.29) is 8.95 Å². The molecule has 248 valence electrons. The zero-order valence-corrected chi connectivity index (χ0v) is 27.8. The van der Waals surface area contributed by atoms with Crippen LogP contribution in [-0.4, -0.2) is 46.8 Å². The van der Waals surface area contributed by atoms with Crippen LogP contribution in [-0.2, 0) is 21.8 Å². The van der Waals surface area contributed by atoms with Crippen molar-refractivity contribution in [2.75, 3.05) is 13.2 Å². The van der Waals surface area contributed by atoms with Crippen LogP contribution in [0.15, 0.2) is 45.3 Å². The molecule has 2 atom stereocenters. The molecule has 0 aromatic heterocycles. The Balaban J connectivity index is 0.000000440. The number of alkyl halides is 6. The molecule has 0 saturated carbocycles. The Morgan fingerprint density at radius 1 is 0.682 bits per heavy atom. The van der Waals surface area contributed by atoms with Crippen LogP contribution >= 0.6 is 31.9 Å². The van der Waals surface area contributed by atoms with E-state index in [4.69, 9.17) is 9.47 Å². The van der Waals surface area contributed by atoms with E-state index in [1.54, 1.807) is 41.5 Å². The zero-order chi connectivity index (χ0) is 34.3. The highest BCUT2D eigenvalue weighted by atomic mass is 79.9. The van der Waals surface area contributed by atoms with Gasteiger partial charge in [-0.15, -0.1) is 0 Å². The van der Waals surface area contributed by atoms with Crippen LogP contribution < -0.4 is 10.6 Å². The number of alkyl carbamates (subject to hydrolysis) is 2. The maximum atomic E-state index is 12.6. The van der Waals surface area contributed by atoms with Crippen molar-refractivity contribution in [3.05, 3.63) is 67.6 Å². The number of hydrogen-bond acceptors (Lipinski definition) is 6. The standard InChI is InChI=1S/2C14H17BrF3NO3/c2*1-13(2,3)22-12(21)19-11(7-20)9-5-4-8(6-10(9)15)14(16,17)18/h2*4-6,11,20H,7H2,1-3H3,(H,19,21)/t11-;/m1./s1. The number of carbonyl (C=O) groups is 2. The second kappa shape index (κ2) is 15.6. The first-order valence-corrected chi connectivity index (χ1v) is 14.4. The van der Waals surface area contributed by atoms with Crippen molar-refractivity contribution in [1.29, 1.82) is 0 Å². The van der Waals surface area contributed by atoms with Gasteiger partial charge in [0, 0.05) is 8.95 Å². The van der Waals surface area contributed by atoms with E-state index in [1.165, 1.54) is 12.1 Å². The largest absolute Gasteiger partial charge is 0.444 e. The predicted molar refractivity (Wildman–Crippen MR) is 157 cm³/mol. The fourth-order valence-corrected chi connectivity index (χ4v) is 4.63. The molecule has 0 bridgehead atoms. The quantitative estimate of drug-likeness (QED) is 0.221. The number of rotatable bonds is 6. The lowest BCUT2D eigenvalue weighted by molar-refractivity contribution is -0.138. The van der Waals surface area contributed by atoms with Gasteiger partial charge in [-0.1, -0.05) is 44.0 Å². The van der Waals surface area contributed by atoms with Gasteiger partial charge in [-0.2, -0.15) is 26.3 Å². The first-order chi connectivity index (χ1) is 19.9. The number of aliphatic hydroxyl groups is 2. The summed E-state index contributed by atoms with van der Waals surface area (Å²) in [6.07, 6.45) is -10.5. The number of nitrogens with one attached hydrogen (secondary N) is 2. The van der Waals surface area contributed by atoms with Gasteiger partial charge in [0.05, 0.1) is 36.4 Å². The Morgan fingerprint density at radius 3 is 1.18 bits per heavy atom. The summed E-state index contributed by atoms with van der Waals surface area (Å²) in [4.78, 5) is 23.4. The van der Waals surface area contributed by atoms with E-state index >= 15 is 0 Å². The van der Waals surface area contributed by atoms with Crippen LogP contribution in [0.5, 0.6) is 0 Å². The summed E-state index contributed by atoms with van der Waals surface area (Å²) < 4.78 is 86.1. The van der Waals surface area contributed by atoms with Crippen molar-refractivity contribution in [2.24, 2.45) is 0 Å². The molecule has 2 rings (SSSR count). The third kappa shape index (κ3) is 13.6. The zero-order valence-electron chi connectivity index (χ0n) is 24.6. The van der Waals surface area contributed by atoms with E-state index in [2.05, 4.69) is 42.5 Å². The van der Waals surface area contributed by atoms with E-state index in [0.29, 0.717) is 11.1 Å². The molecule has 1 unspecified atom stereocenters. The number of benzene rings is 2. The van der Waals surface area contributed by atoms with Crippen LogP contribution in [0.2, 0.25) is 0 Å². The molecule has 0 fully saturated rings. The molecule has 0 aliphatic rings. The summed E-state index contributed by atoms with van der Waals surface area (Å²) in [6.45, 7) is 9.09. The van der Waals surface area contributed by atoms with Gasteiger partial charge in [-0.05, 0) is 76.9 Å². The molecule has 0 spiro atoms. The van der Waals surface area contributed by atoms with Gasteiger partial charge in [0.1, 0.15) is 11.2 Å². The number of ether oxygens (including phenoxy) is 2. The minimum Gasteiger partial charge on any atom is -0.444 e. The minimum atomic E-state index is -4.46. The SMILES string of the molecule is CC(C)(C)OC(=O)NC(CO)c1ccc(C(F)(F)F)cc1Br.CC(C)(C)OC(=O)N[C@H](CO)c1ccc(C(F)(F)F)cc1Br. The molecule has 0 saturated heterocycles. The lowest BCUT2D eigenvalue weighted by atomic mass is 10.1. The minimum absolute atomic E-state index is 0.137. The Morgan fingerprint density at radius 2 is 0.977 bits per heavy atom. The summed E-state index contributed by atoms with van der Waals surface area (Å²) >= 11 is 6.06. The molecule has 0 aliphatic heterocycles. The molecule has 0 radical (unpaired) electrons. The maximum absolute atomic E-state index is 12.6. The van der Waals surface area contributed by atoms with Gasteiger partial charge in [0.15, 0.2) is 0 Å². The van der Waals surface area contributed by atoms with Crippen molar-refractivity contribution in [1.82, 2.24) is 10.6 Å². The number of hydrogen-bond donors (Lipinski definition) is 4. The average Bonchev–Trinajstić information content (AvgIpc) is 2.83. The third-order valence-electron chi connectivity index (χ3n) is 5.15. The molecule has 4 N–H and O–H groups in total. The molecule has 2 aromatic rings. The summed E-state index contributed by atoms with van der Waals surface area (Å²) in [7, 11) is 0. The summed E-state index contributed by atoms with van der Waals surface area (Å²) in [5.74, 6) is 0. The second-order valence-corrected chi connectivity index (χ2v) is 12.9. The molecule has 44 heavy (non-hydrogen) atoms. The fraction of sp³-hybridized carbons (Fsp3) is 0.500. The first-order valence-electron chi connectivity index (χ1n) is 12.8. The van der Waals surface area contributed by atoms with Gasteiger partial charge in [-0.25, -0.2) is 9.59 Å². The summed E-state index contributed by atoms with van der Waals surface area (Å²) in [6, 6.07) is 4.21. The Bertz CT molecular complexity index is 1180. The van der Waals surface area contributed by atoms with Crippen LogP contribution in [0.4, 0.5) is 35.9 Å². The fourth-order valence-electron chi connectivity index (χ4n) is 3.32. The van der Waals surface area contributed by atoms with Crippen LogP contribution in [0.25, 0.3) is 0 Å². The molecule has 0 aliphatic carbocycles. The van der Waals surface area contributed by atoms with Gasteiger partial charge in [0.25, 0.3) is 0 Å². The van der Waals surface area contributed by atoms with Gasteiger partial charge >= 0.3 is 24.5 Å². The Hall–Kier alpha value is -2.56. The Labute approximate surface area is 267 Å². The summed E-state index contributed by atoms with van der Waals surface area (Å²) in [5, 5.41) is 23.6. The molecule has 8 nitrogen and oxygen atoms in total. The van der Waals surface area contributed by atoms with Gasteiger partial charge in [-0.3, -0.25) is 0 Å². The first kappa shape index (κ1) is 39.5. The van der Waals surface area contributed by atoms with Crippen molar-refractivity contribution >= 4 is 44.0 Å². The van der Waals surface area contributed by atoms with E-state index < -0.39 is 72.2 Å². The highest BCUT2D eigenvalue weighted by Gasteiger charge is 2.33. The lowest BCUT2D eigenvalue weighted by Crippen LogP contribution is -2.36. The maximum Gasteiger partial charge on any atom is 0.416 e. The lowest BCUT2D eigenvalue weighted by Gasteiger charge is -2.23. The van der Waals surface area contributed by atoms with Crippen molar-refractivity contribution in [3.8, 4) is 0 Å². The second-order valence-electron chi connectivity index (χ2n) is 11.2. The highest BCUT2D eigenvalue weighted by molar-refractivity contribution is 9.10. The van der Waals surface area contributed by atoms with E-state index in [0.717, 1.165) is 24.3 Å². The van der Waals surface area contributed by atoms with Gasteiger partial charge < -0.3 is 30.3 Å². The number of carbonyl (C=O) groups excluding carboxylic acids is 2. The average molecular weight is 768 g/mol. The van der Waals surface area contributed by atoms with Crippen LogP contribution in [0, 0.1) is 0 Å². The monoisotopic (exact) mass is 766 g/mol. The molecule has 2 amide bonds. The normalized spacial score (nSPS) is 13.6. The Kier molecular flexibility index (Phi) is 14.0.